The smallest absolute Gasteiger partial charge is 0.249 e. The summed E-state index contributed by atoms with van der Waals surface area (Å²) in [4.78, 5) is 30.4. The van der Waals surface area contributed by atoms with Crippen molar-refractivity contribution in [1.82, 2.24) is 14.4 Å². The Bertz CT molecular complexity index is 1390. The minimum Gasteiger partial charge on any atom is -0.497 e. The lowest BCUT2D eigenvalue weighted by atomic mass is 10.2. The van der Waals surface area contributed by atoms with Crippen LogP contribution in [0.5, 0.6) is 5.75 Å². The number of hydrogen-bond donors (Lipinski definition) is 0. The van der Waals surface area contributed by atoms with E-state index in [1.807, 2.05) is 116 Å². The van der Waals surface area contributed by atoms with Crippen LogP contribution in [-0.4, -0.2) is 52.5 Å². The Balaban J connectivity index is 1.47. The standard InChI is InChI=1S/C34H39N3O4/c1-27(2)37(34(39)26-41-25-29-14-8-5-9-15-29)24-33(38)36(21-28-12-6-4-7-13-28)23-31-17-11-19-35(31)22-30-16-10-18-32(20-30)40-3/h4-20,27H,21-26H2,1-3H3. The average Bonchev–Trinajstić information content (AvgIpc) is 3.42. The van der Waals surface area contributed by atoms with Crippen LogP contribution in [0.3, 0.4) is 0 Å². The molecule has 0 aliphatic heterocycles. The molecule has 7 nitrogen and oxygen atoms in total. The number of benzene rings is 3. The zero-order valence-corrected chi connectivity index (χ0v) is 24.1. The molecule has 0 aliphatic rings. The zero-order valence-electron chi connectivity index (χ0n) is 24.1. The molecule has 0 radical (unpaired) electrons. The lowest BCUT2D eigenvalue weighted by Crippen LogP contribution is -2.46. The predicted molar refractivity (Wildman–Crippen MR) is 160 cm³/mol. The van der Waals surface area contributed by atoms with Crippen LogP contribution in [0.1, 0.15) is 36.2 Å². The van der Waals surface area contributed by atoms with Crippen LogP contribution in [-0.2, 0) is 40.6 Å². The second kappa shape index (κ2) is 14.9. The SMILES string of the molecule is COc1cccc(Cn2cccc2CN(Cc2ccccc2)C(=O)CN(C(=O)COCc2ccccc2)C(C)C)c1. The van der Waals surface area contributed by atoms with Gasteiger partial charge in [-0.2, -0.15) is 0 Å². The van der Waals surface area contributed by atoms with Gasteiger partial charge in [0.25, 0.3) is 0 Å². The number of nitrogens with zero attached hydrogens (tertiary/aromatic N) is 3. The van der Waals surface area contributed by atoms with Crippen molar-refractivity contribution in [2.45, 2.75) is 46.1 Å². The largest absolute Gasteiger partial charge is 0.497 e. The van der Waals surface area contributed by atoms with E-state index in [0.29, 0.717) is 26.2 Å². The molecule has 3 aromatic carbocycles. The van der Waals surface area contributed by atoms with E-state index in [1.54, 1.807) is 12.0 Å². The number of aromatic nitrogens is 1. The van der Waals surface area contributed by atoms with E-state index in [2.05, 4.69) is 10.6 Å². The van der Waals surface area contributed by atoms with Crippen LogP contribution in [0.4, 0.5) is 0 Å². The molecule has 0 atom stereocenters. The summed E-state index contributed by atoms with van der Waals surface area (Å²) in [7, 11) is 1.66. The quantitative estimate of drug-likeness (QED) is 0.206. The first-order valence-corrected chi connectivity index (χ1v) is 13.9. The highest BCUT2D eigenvalue weighted by atomic mass is 16.5. The number of amides is 2. The normalized spacial score (nSPS) is 10.9. The number of ether oxygens (including phenoxy) is 2. The molecule has 2 amide bonds. The maximum atomic E-state index is 13.8. The minimum absolute atomic E-state index is 0.0192. The van der Waals surface area contributed by atoms with Crippen molar-refractivity contribution in [3.8, 4) is 5.75 Å². The highest BCUT2D eigenvalue weighted by Gasteiger charge is 2.24. The van der Waals surface area contributed by atoms with Crippen molar-refractivity contribution >= 4 is 11.8 Å². The van der Waals surface area contributed by atoms with Gasteiger partial charge in [-0.1, -0.05) is 72.8 Å². The van der Waals surface area contributed by atoms with Crippen LogP contribution in [0, 0.1) is 0 Å². The molecule has 0 N–H and O–H groups in total. The highest BCUT2D eigenvalue weighted by Crippen LogP contribution is 2.17. The minimum atomic E-state index is -0.203. The van der Waals surface area contributed by atoms with E-state index in [4.69, 9.17) is 9.47 Å². The fourth-order valence-corrected chi connectivity index (χ4v) is 4.66. The first kappa shape index (κ1) is 29.6. The van der Waals surface area contributed by atoms with Gasteiger partial charge >= 0.3 is 0 Å². The molecular formula is C34H39N3O4. The van der Waals surface area contributed by atoms with Gasteiger partial charge in [-0.15, -0.1) is 0 Å². The number of rotatable bonds is 14. The molecule has 0 aliphatic carbocycles. The van der Waals surface area contributed by atoms with Gasteiger partial charge < -0.3 is 23.8 Å². The zero-order chi connectivity index (χ0) is 29.0. The second-order valence-corrected chi connectivity index (χ2v) is 10.3. The Morgan fingerprint density at radius 1 is 0.780 bits per heavy atom. The van der Waals surface area contributed by atoms with Gasteiger partial charge in [-0.25, -0.2) is 0 Å². The van der Waals surface area contributed by atoms with Crippen molar-refractivity contribution < 1.29 is 19.1 Å². The molecule has 1 heterocycles. The lowest BCUT2D eigenvalue weighted by molar-refractivity contribution is -0.145. The van der Waals surface area contributed by atoms with Gasteiger partial charge in [0.2, 0.25) is 11.8 Å². The Morgan fingerprint density at radius 3 is 2.15 bits per heavy atom. The number of carbonyl (C=O) groups excluding carboxylic acids is 2. The summed E-state index contributed by atoms with van der Waals surface area (Å²) < 4.78 is 13.2. The summed E-state index contributed by atoms with van der Waals surface area (Å²) in [5.74, 6) is 0.488. The molecule has 0 spiro atoms. The van der Waals surface area contributed by atoms with Gasteiger partial charge in [0, 0.05) is 31.0 Å². The summed E-state index contributed by atoms with van der Waals surface area (Å²) in [5.41, 5.74) is 4.14. The van der Waals surface area contributed by atoms with Crippen LogP contribution in [0.15, 0.2) is 103 Å². The summed E-state index contributed by atoms with van der Waals surface area (Å²) in [5, 5.41) is 0. The fourth-order valence-electron chi connectivity index (χ4n) is 4.66. The van der Waals surface area contributed by atoms with Crippen LogP contribution in [0.2, 0.25) is 0 Å². The van der Waals surface area contributed by atoms with Gasteiger partial charge in [-0.05, 0) is 54.8 Å². The van der Waals surface area contributed by atoms with Crippen LogP contribution >= 0.6 is 0 Å². The third kappa shape index (κ3) is 8.82. The van der Waals surface area contributed by atoms with Gasteiger partial charge in [0.1, 0.15) is 18.9 Å². The van der Waals surface area contributed by atoms with E-state index in [9.17, 15) is 9.59 Å². The molecule has 0 fully saturated rings. The molecule has 4 aromatic rings. The highest BCUT2D eigenvalue weighted by molar-refractivity contribution is 5.85. The molecule has 0 saturated heterocycles. The van der Waals surface area contributed by atoms with Crippen molar-refractivity contribution in [3.05, 3.63) is 126 Å². The van der Waals surface area contributed by atoms with Crippen molar-refractivity contribution in [3.63, 3.8) is 0 Å². The number of carbonyl (C=O) groups is 2. The molecular weight excluding hydrogens is 514 g/mol. The maximum absolute atomic E-state index is 13.8. The second-order valence-electron chi connectivity index (χ2n) is 10.3. The van der Waals surface area contributed by atoms with Crippen molar-refractivity contribution in [2.75, 3.05) is 20.3 Å². The molecule has 4 rings (SSSR count). The molecule has 7 heteroatoms. The Kier molecular flexibility index (Phi) is 10.7. The lowest BCUT2D eigenvalue weighted by Gasteiger charge is -2.30. The van der Waals surface area contributed by atoms with E-state index < -0.39 is 0 Å². The Labute approximate surface area is 242 Å². The van der Waals surface area contributed by atoms with Gasteiger partial charge in [0.15, 0.2) is 0 Å². The Hall–Kier alpha value is -4.36. The fraction of sp³-hybridized carbons (Fsp3) is 0.294. The monoisotopic (exact) mass is 553 g/mol. The molecule has 0 saturated carbocycles. The van der Waals surface area contributed by atoms with Gasteiger partial charge in [-0.3, -0.25) is 9.59 Å². The summed E-state index contributed by atoms with van der Waals surface area (Å²) >= 11 is 0. The molecule has 0 unspecified atom stereocenters. The van der Waals surface area contributed by atoms with E-state index in [0.717, 1.165) is 28.1 Å². The third-order valence-electron chi connectivity index (χ3n) is 6.92. The molecule has 41 heavy (non-hydrogen) atoms. The Morgan fingerprint density at radius 2 is 1.46 bits per heavy atom. The average molecular weight is 554 g/mol. The van der Waals surface area contributed by atoms with E-state index in [1.165, 1.54) is 0 Å². The summed E-state index contributed by atoms with van der Waals surface area (Å²) in [6.07, 6.45) is 2.02. The van der Waals surface area contributed by atoms with Gasteiger partial charge in [0.05, 0.1) is 20.3 Å². The summed E-state index contributed by atoms with van der Waals surface area (Å²) in [6.45, 7) is 5.59. The summed E-state index contributed by atoms with van der Waals surface area (Å²) in [6, 6.07) is 31.5. The van der Waals surface area contributed by atoms with E-state index >= 15 is 0 Å². The third-order valence-corrected chi connectivity index (χ3v) is 6.92. The van der Waals surface area contributed by atoms with E-state index in [-0.39, 0.29) is 31.0 Å². The first-order chi connectivity index (χ1) is 19.9. The van der Waals surface area contributed by atoms with Crippen LogP contribution in [0.25, 0.3) is 0 Å². The van der Waals surface area contributed by atoms with Crippen molar-refractivity contribution in [2.24, 2.45) is 0 Å². The first-order valence-electron chi connectivity index (χ1n) is 13.9. The number of methoxy groups -OCH3 is 1. The predicted octanol–water partition coefficient (Wildman–Crippen LogP) is 5.53. The molecule has 214 valence electrons. The topological polar surface area (TPSA) is 64.0 Å². The molecule has 1 aromatic heterocycles. The molecule has 0 bridgehead atoms. The number of hydrogen-bond acceptors (Lipinski definition) is 4. The maximum Gasteiger partial charge on any atom is 0.249 e. The van der Waals surface area contributed by atoms with Crippen molar-refractivity contribution in [1.29, 1.82) is 0 Å². The van der Waals surface area contributed by atoms with Crippen LogP contribution < -0.4 is 4.74 Å².